The van der Waals surface area contributed by atoms with E-state index in [9.17, 15) is 35.5 Å². The van der Waals surface area contributed by atoms with Gasteiger partial charge in [-0.3, -0.25) is 29.4 Å². The zero-order valence-corrected chi connectivity index (χ0v) is 58.6. The first-order valence-electron chi connectivity index (χ1n) is 34.8. The van der Waals surface area contributed by atoms with Gasteiger partial charge >= 0.3 is 12.4 Å². The predicted octanol–water partition coefficient (Wildman–Crippen LogP) is 12.6. The topological polar surface area (TPSA) is 169 Å². The highest BCUT2D eigenvalue weighted by atomic mass is 19.4. The standard InChI is InChI=1S/2C19H20F3N3O2.C19H22FN3O2.C19H23N3O2/c1-12(24-6-8-27-9-7-24)11-25-16-10-13(26)2-3-14(16)15-4-5-23-18(17(15)25)19(20,21)22;1-26-13-2-3-14-15-4-5-23-18(19(20,21)22)17(15)25(16(14)12-13)7-6-24-8-10-27-11-9-24;1-13-19-16(12-18(20)21-13)15-4-3-14(24-2)11-17(15)23(19)6-5-22-7-9-25-10-8-22;1-14-19-17(5-6-20-14)16-4-3-15(23-2)13-18(16)22(19)8-7-21-9-11-24-12-10-21/h2-5,10,12,23H,6-9,11H2,1H3;2-5,12H,6-11H2,1H3;3-4,11-12H,5-10H2,1-2H3;3-6,13H,7-12H2,1-2H3. The molecule has 4 saturated heterocycles. The molecule has 20 nitrogen and oxygen atoms in total. The lowest BCUT2D eigenvalue weighted by Gasteiger charge is -2.33. The summed E-state index contributed by atoms with van der Waals surface area (Å²) in [5, 5.41) is 6.92. The van der Waals surface area contributed by atoms with E-state index in [-0.39, 0.29) is 22.5 Å². The highest BCUT2D eigenvalue weighted by molar-refractivity contribution is 6.12. The van der Waals surface area contributed by atoms with Crippen LogP contribution in [0.1, 0.15) is 29.7 Å². The van der Waals surface area contributed by atoms with Gasteiger partial charge < -0.3 is 56.4 Å². The molecule has 1 atom stereocenters. The summed E-state index contributed by atoms with van der Waals surface area (Å²) in [4.78, 5) is 35.8. The molecule has 0 amide bonds. The van der Waals surface area contributed by atoms with Crippen LogP contribution < -0.4 is 19.6 Å². The number of aromatic amines is 1. The van der Waals surface area contributed by atoms with E-state index in [2.05, 4.69) is 73.8 Å². The summed E-state index contributed by atoms with van der Waals surface area (Å²) >= 11 is 0. The van der Waals surface area contributed by atoms with Gasteiger partial charge in [0.25, 0.3) is 0 Å². The highest BCUT2D eigenvalue weighted by Gasteiger charge is 2.38. The van der Waals surface area contributed by atoms with Gasteiger partial charge in [0, 0.05) is 196 Å². The minimum absolute atomic E-state index is 0.00398. The first kappa shape index (κ1) is 72.4. The van der Waals surface area contributed by atoms with E-state index in [1.54, 1.807) is 60.8 Å². The molecule has 4 aliphatic heterocycles. The molecule has 8 aromatic heterocycles. The zero-order chi connectivity index (χ0) is 72.1. The van der Waals surface area contributed by atoms with Crippen LogP contribution in [0, 0.1) is 19.8 Å². The van der Waals surface area contributed by atoms with E-state index in [1.165, 1.54) is 52.4 Å². The minimum Gasteiger partial charge on any atom is -0.497 e. The summed E-state index contributed by atoms with van der Waals surface area (Å²) in [7, 11) is 4.92. The Hall–Kier alpha value is -8.93. The number of benzene rings is 4. The normalized spacial score (nSPS) is 16.5. The highest BCUT2D eigenvalue weighted by Crippen LogP contribution is 2.41. The quantitative estimate of drug-likeness (QED) is 0.0759. The maximum Gasteiger partial charge on any atom is 0.435 e. The summed E-state index contributed by atoms with van der Waals surface area (Å²) in [6.07, 6.45) is -4.62. The number of nitrogens with one attached hydrogen (secondary N) is 1. The minimum atomic E-state index is -4.52. The van der Waals surface area contributed by atoms with Crippen LogP contribution in [0.25, 0.3) is 87.2 Å². The molecule has 12 aromatic rings. The molecule has 0 saturated carbocycles. The third kappa shape index (κ3) is 15.7. The van der Waals surface area contributed by atoms with E-state index >= 15 is 0 Å². The third-order valence-corrected chi connectivity index (χ3v) is 20.0. The number of hydrogen-bond donors (Lipinski definition) is 1. The summed E-state index contributed by atoms with van der Waals surface area (Å²) in [5.74, 6) is 1.87. The number of ether oxygens (including phenoxy) is 7. The lowest BCUT2D eigenvalue weighted by molar-refractivity contribution is -0.140. The molecule has 546 valence electrons. The second kappa shape index (κ2) is 31.6. The number of alkyl halides is 6. The fraction of sp³-hybridized carbons (Fsp3) is 0.421. The van der Waals surface area contributed by atoms with Gasteiger partial charge in [0.05, 0.1) is 130 Å². The van der Waals surface area contributed by atoms with Crippen molar-refractivity contribution in [3.8, 4) is 17.2 Å². The summed E-state index contributed by atoms with van der Waals surface area (Å²) in [5.41, 5.74) is 5.89. The fourth-order valence-corrected chi connectivity index (χ4v) is 14.8. The van der Waals surface area contributed by atoms with Crippen LogP contribution in [0.15, 0.2) is 120 Å². The Kier molecular flexibility index (Phi) is 22.2. The van der Waals surface area contributed by atoms with Gasteiger partial charge in [-0.05, 0) is 87.5 Å². The number of H-pyrrole nitrogens is 1. The number of hydrogen-bond acceptors (Lipinski definition) is 15. The molecule has 4 aliphatic rings. The van der Waals surface area contributed by atoms with Gasteiger partial charge in [-0.25, -0.2) is 9.97 Å². The van der Waals surface area contributed by atoms with Gasteiger partial charge in [0.15, 0.2) is 11.1 Å². The number of fused-ring (bicyclic) bond motifs is 12. The Morgan fingerprint density at radius 1 is 0.456 bits per heavy atom. The monoisotopic (exact) mass is 1430 g/mol. The van der Waals surface area contributed by atoms with Crippen molar-refractivity contribution in [3.63, 3.8) is 0 Å². The molecule has 27 heteroatoms. The second-order valence-electron chi connectivity index (χ2n) is 26.1. The molecule has 0 radical (unpaired) electrons. The fourth-order valence-electron chi connectivity index (χ4n) is 14.8. The van der Waals surface area contributed by atoms with Crippen LogP contribution >= 0.6 is 0 Å². The van der Waals surface area contributed by atoms with Gasteiger partial charge in [-0.2, -0.15) is 30.7 Å². The zero-order valence-electron chi connectivity index (χ0n) is 58.6. The number of rotatable bonds is 15. The van der Waals surface area contributed by atoms with E-state index < -0.39 is 29.7 Å². The number of morpholine rings is 4. The Balaban J connectivity index is 0.000000122. The van der Waals surface area contributed by atoms with Crippen molar-refractivity contribution in [2.24, 2.45) is 0 Å². The van der Waals surface area contributed by atoms with Gasteiger partial charge in [-0.1, -0.05) is 0 Å². The number of aryl methyl sites for hydroxylation is 2. The molecule has 16 rings (SSSR count). The van der Waals surface area contributed by atoms with Crippen molar-refractivity contribution in [1.29, 1.82) is 0 Å². The second-order valence-corrected chi connectivity index (χ2v) is 26.1. The molecular formula is C76H85F7N12O8. The Morgan fingerprint density at radius 3 is 1.35 bits per heavy atom. The van der Waals surface area contributed by atoms with Crippen molar-refractivity contribution in [2.75, 3.05) is 146 Å². The van der Waals surface area contributed by atoms with E-state index in [0.29, 0.717) is 79.2 Å². The van der Waals surface area contributed by atoms with E-state index in [1.807, 2.05) is 50.4 Å². The molecule has 0 spiro atoms. The largest absolute Gasteiger partial charge is 0.497 e. The molecule has 4 aromatic carbocycles. The molecular weight excluding hydrogens is 1340 g/mol. The van der Waals surface area contributed by atoms with Gasteiger partial charge in [0.2, 0.25) is 5.95 Å². The Morgan fingerprint density at radius 2 is 0.874 bits per heavy atom. The molecule has 12 heterocycles. The summed E-state index contributed by atoms with van der Waals surface area (Å²) in [6, 6.07) is 29.0. The van der Waals surface area contributed by atoms with Crippen LogP contribution in [0.5, 0.6) is 17.2 Å². The molecule has 0 aliphatic carbocycles. The maximum atomic E-state index is 13.9. The number of halogens is 7. The first-order valence-corrected chi connectivity index (χ1v) is 34.8. The molecule has 4 fully saturated rings. The van der Waals surface area contributed by atoms with Gasteiger partial charge in [0.1, 0.15) is 22.9 Å². The number of pyridine rings is 4. The van der Waals surface area contributed by atoms with Crippen molar-refractivity contribution in [3.05, 3.63) is 155 Å². The van der Waals surface area contributed by atoms with E-state index in [0.717, 1.165) is 155 Å². The Labute approximate surface area is 589 Å². The van der Waals surface area contributed by atoms with Crippen LogP contribution in [-0.2, 0) is 57.5 Å². The molecule has 1 unspecified atom stereocenters. The van der Waals surface area contributed by atoms with Crippen molar-refractivity contribution in [2.45, 2.75) is 65.3 Å². The molecule has 0 bridgehead atoms. The van der Waals surface area contributed by atoms with Crippen LogP contribution in [0.4, 0.5) is 30.7 Å². The number of aromatic nitrogens is 8. The summed E-state index contributed by atoms with van der Waals surface area (Å²) < 4.78 is 141. The number of nitrogens with zero attached hydrogens (tertiary/aromatic N) is 11. The lowest BCUT2D eigenvalue weighted by Crippen LogP contribution is -2.43. The van der Waals surface area contributed by atoms with Crippen LogP contribution in [-0.4, -0.2) is 210 Å². The number of methoxy groups -OCH3 is 3. The lowest BCUT2D eigenvalue weighted by atomic mass is 10.1. The van der Waals surface area contributed by atoms with E-state index in [4.69, 9.17) is 33.2 Å². The first-order chi connectivity index (χ1) is 49.8. The third-order valence-electron chi connectivity index (χ3n) is 20.0. The maximum absolute atomic E-state index is 13.9. The SMILES string of the molecule is CC(Cn1c2cc(=O)ccc2c2cc[nH]c(C(F)(F)F)c21)N1CCOCC1.COc1ccc2c3cc(F)nc(C)c3n(CCN3CCOCC3)c2c1.COc1ccc2c3ccnc(C(F)(F)F)c3n(CCN3CCOCC3)c2c1.COc1ccc2c3ccnc(C)c3n(CCN3CCOCC3)c2c1. The average molecular weight is 1430 g/mol. The van der Waals surface area contributed by atoms with Crippen LogP contribution in [0.3, 0.4) is 0 Å². The smallest absolute Gasteiger partial charge is 0.435 e. The summed E-state index contributed by atoms with van der Waals surface area (Å²) in [6.45, 7) is 23.8. The Bertz CT molecular complexity index is 5020. The molecule has 1 N–H and O–H groups in total. The average Bonchev–Trinajstić information content (AvgIpc) is 1.62. The van der Waals surface area contributed by atoms with Gasteiger partial charge in [-0.15, -0.1) is 0 Å². The van der Waals surface area contributed by atoms with Crippen molar-refractivity contribution >= 4 is 87.2 Å². The van der Waals surface area contributed by atoms with Crippen molar-refractivity contribution in [1.82, 2.24) is 57.8 Å². The predicted molar refractivity (Wildman–Crippen MR) is 385 cm³/mol. The van der Waals surface area contributed by atoms with Crippen LogP contribution in [0.2, 0.25) is 0 Å². The van der Waals surface area contributed by atoms with Crippen molar-refractivity contribution < 1.29 is 63.9 Å². The molecule has 103 heavy (non-hydrogen) atoms.